The highest BCUT2D eigenvalue weighted by Crippen LogP contribution is 2.38. The number of methoxy groups -OCH3 is 1. The number of oxime groups is 1. The third-order valence-corrected chi connectivity index (χ3v) is 8.11. The Morgan fingerprint density at radius 3 is 2.58 bits per heavy atom. The first-order chi connectivity index (χ1) is 21.7. The molecule has 12 heteroatoms. The van der Waals surface area contributed by atoms with Crippen LogP contribution in [0.25, 0.3) is 11.1 Å². The van der Waals surface area contributed by atoms with E-state index < -0.39 is 35.7 Å². The van der Waals surface area contributed by atoms with Gasteiger partial charge in [0.1, 0.15) is 11.8 Å². The van der Waals surface area contributed by atoms with Gasteiger partial charge in [-0.15, -0.1) is 0 Å². The lowest BCUT2D eigenvalue weighted by atomic mass is 9.86. The van der Waals surface area contributed by atoms with Crippen molar-refractivity contribution in [3.63, 3.8) is 0 Å². The number of anilines is 1. The number of halogens is 2. The van der Waals surface area contributed by atoms with Gasteiger partial charge in [-0.2, -0.15) is 0 Å². The van der Waals surface area contributed by atoms with Gasteiger partial charge in [-0.05, 0) is 65.6 Å². The minimum absolute atomic E-state index is 0.0139. The number of hydrogen-bond acceptors (Lipinski definition) is 7. The molecule has 3 heterocycles. The maximum absolute atomic E-state index is 14.7. The molecule has 0 spiro atoms. The van der Waals surface area contributed by atoms with Gasteiger partial charge in [-0.3, -0.25) is 14.6 Å². The van der Waals surface area contributed by atoms with Crippen molar-refractivity contribution in [1.29, 1.82) is 0 Å². The molecule has 10 nitrogen and oxygen atoms in total. The molecule has 2 aliphatic rings. The Kier molecular flexibility index (Phi) is 8.18. The highest BCUT2D eigenvalue weighted by Gasteiger charge is 2.42. The molecule has 1 aromatic heterocycles. The zero-order valence-electron chi connectivity index (χ0n) is 23.9. The van der Waals surface area contributed by atoms with Crippen LogP contribution in [0.1, 0.15) is 39.5 Å². The van der Waals surface area contributed by atoms with E-state index >= 15 is 0 Å². The molecular weight excluding hydrogens is 603 g/mol. The molecule has 2 atom stereocenters. The number of carboxylic acid groups (broad SMARTS) is 1. The highest BCUT2D eigenvalue weighted by atomic mass is 35.5. The smallest absolute Gasteiger partial charge is 0.335 e. The van der Waals surface area contributed by atoms with Crippen molar-refractivity contribution in [1.82, 2.24) is 9.88 Å². The van der Waals surface area contributed by atoms with Gasteiger partial charge in [0.2, 0.25) is 6.10 Å². The van der Waals surface area contributed by atoms with Crippen molar-refractivity contribution in [3.8, 4) is 16.9 Å². The summed E-state index contributed by atoms with van der Waals surface area (Å²) in [4.78, 5) is 50.5. The summed E-state index contributed by atoms with van der Waals surface area (Å²) >= 11 is 5.95. The van der Waals surface area contributed by atoms with E-state index in [0.29, 0.717) is 23.4 Å². The lowest BCUT2D eigenvalue weighted by Gasteiger charge is -2.38. The minimum atomic E-state index is -1.10. The molecule has 6 rings (SSSR count). The number of fused-ring (bicyclic) bond motifs is 1. The van der Waals surface area contributed by atoms with Gasteiger partial charge >= 0.3 is 5.97 Å². The number of amides is 2. The zero-order valence-corrected chi connectivity index (χ0v) is 24.6. The number of nitrogens with one attached hydrogen (secondary N) is 1. The van der Waals surface area contributed by atoms with Gasteiger partial charge in [-0.25, -0.2) is 9.18 Å². The van der Waals surface area contributed by atoms with E-state index in [1.54, 1.807) is 37.7 Å². The molecule has 0 saturated carbocycles. The fourth-order valence-electron chi connectivity index (χ4n) is 5.62. The fraction of sp³-hybridized carbons (Fsp3) is 0.182. The minimum Gasteiger partial charge on any atom is -0.495 e. The second kappa shape index (κ2) is 12.4. The van der Waals surface area contributed by atoms with Gasteiger partial charge < -0.3 is 24.9 Å². The molecule has 2 aliphatic heterocycles. The molecule has 0 aliphatic carbocycles. The number of ether oxygens (including phenoxy) is 1. The number of rotatable bonds is 7. The monoisotopic (exact) mass is 628 g/mol. The second-order valence-corrected chi connectivity index (χ2v) is 10.9. The number of carbonyl (C=O) groups excluding carboxylic acids is 2. The molecule has 45 heavy (non-hydrogen) atoms. The summed E-state index contributed by atoms with van der Waals surface area (Å²) in [6, 6.07) is 16.5. The zero-order chi connectivity index (χ0) is 31.7. The predicted octanol–water partition coefficient (Wildman–Crippen LogP) is 5.51. The van der Waals surface area contributed by atoms with Gasteiger partial charge in [0, 0.05) is 36.0 Å². The molecule has 2 unspecified atom stereocenters. The summed E-state index contributed by atoms with van der Waals surface area (Å²) < 4.78 is 20.1. The number of nitrogens with zero attached hydrogens (tertiary/aromatic N) is 3. The quantitative estimate of drug-likeness (QED) is 0.276. The van der Waals surface area contributed by atoms with E-state index in [1.165, 1.54) is 41.3 Å². The number of aromatic nitrogens is 1. The Morgan fingerprint density at radius 1 is 1.07 bits per heavy atom. The molecule has 228 valence electrons. The van der Waals surface area contributed by atoms with E-state index in [-0.39, 0.29) is 34.8 Å². The third kappa shape index (κ3) is 5.82. The molecule has 4 aromatic rings. The van der Waals surface area contributed by atoms with Crippen molar-refractivity contribution >= 4 is 40.8 Å². The van der Waals surface area contributed by atoms with Crippen LogP contribution < -0.4 is 10.1 Å². The topological polar surface area (TPSA) is 130 Å². The Morgan fingerprint density at radius 2 is 1.82 bits per heavy atom. The van der Waals surface area contributed by atoms with Gasteiger partial charge in [-0.1, -0.05) is 41.0 Å². The van der Waals surface area contributed by atoms with E-state index in [1.807, 2.05) is 12.1 Å². The maximum atomic E-state index is 14.7. The van der Waals surface area contributed by atoms with Crippen LogP contribution in [0, 0.1) is 5.82 Å². The van der Waals surface area contributed by atoms with Crippen molar-refractivity contribution in [2.45, 2.75) is 25.0 Å². The molecular formula is C33H26ClFN4O6. The van der Waals surface area contributed by atoms with Crippen LogP contribution in [0.5, 0.6) is 5.75 Å². The van der Waals surface area contributed by atoms with Crippen molar-refractivity contribution < 1.29 is 33.5 Å². The van der Waals surface area contributed by atoms with Gasteiger partial charge in [0.05, 0.1) is 29.6 Å². The number of benzene rings is 3. The standard InChI is InChI=1S/C33H26ClFN4O6/c1-44-21-14-19(16-36-17-21)22-4-2-5-24-23(22)12-13-39(30(24)31(40)37-20-10-8-18(9-11-20)33(42)43)32(41)28-15-27(38-45-28)25-6-3-7-26(34)29(25)35/h2-11,14,16-17,28,30H,12-13,15H2,1H3,(H,37,40)(H,42,43). The predicted molar refractivity (Wildman–Crippen MR) is 164 cm³/mol. The summed E-state index contributed by atoms with van der Waals surface area (Å²) in [5.41, 5.74) is 3.89. The third-order valence-electron chi connectivity index (χ3n) is 7.82. The first-order valence-corrected chi connectivity index (χ1v) is 14.4. The summed E-state index contributed by atoms with van der Waals surface area (Å²) in [6.07, 6.45) is 2.62. The maximum Gasteiger partial charge on any atom is 0.335 e. The van der Waals surface area contributed by atoms with Gasteiger partial charge in [0.25, 0.3) is 11.8 Å². The molecule has 0 radical (unpaired) electrons. The van der Waals surface area contributed by atoms with E-state index in [0.717, 1.165) is 16.7 Å². The van der Waals surface area contributed by atoms with Crippen LogP contribution in [0.2, 0.25) is 5.02 Å². The van der Waals surface area contributed by atoms with Crippen LogP contribution in [-0.4, -0.2) is 58.2 Å². The summed E-state index contributed by atoms with van der Waals surface area (Å²) in [5.74, 6) is -2.18. The van der Waals surface area contributed by atoms with Crippen LogP contribution in [0.3, 0.4) is 0 Å². The number of pyridine rings is 1. The second-order valence-electron chi connectivity index (χ2n) is 10.5. The normalized spacial score (nSPS) is 17.1. The molecule has 2 N–H and O–H groups in total. The first-order valence-electron chi connectivity index (χ1n) is 14.0. The molecule has 3 aromatic carbocycles. The Hall–Kier alpha value is -5.29. The van der Waals surface area contributed by atoms with E-state index in [9.17, 15) is 23.9 Å². The lowest BCUT2D eigenvalue weighted by molar-refractivity contribution is -0.148. The van der Waals surface area contributed by atoms with Crippen molar-refractivity contribution in [2.24, 2.45) is 5.16 Å². The largest absolute Gasteiger partial charge is 0.495 e. The highest BCUT2D eigenvalue weighted by molar-refractivity contribution is 6.31. The Labute approximate surface area is 262 Å². The molecule has 0 saturated heterocycles. The van der Waals surface area contributed by atoms with Crippen LogP contribution in [-0.2, 0) is 20.8 Å². The molecule has 0 fully saturated rings. The van der Waals surface area contributed by atoms with Crippen LogP contribution in [0.15, 0.2) is 84.3 Å². The van der Waals surface area contributed by atoms with Crippen molar-refractivity contribution in [3.05, 3.63) is 112 Å². The summed E-state index contributed by atoms with van der Waals surface area (Å²) in [6.45, 7) is 0.178. The molecule has 2 amide bonds. The Bertz CT molecular complexity index is 1850. The molecule has 0 bridgehead atoms. The van der Waals surface area contributed by atoms with Crippen molar-refractivity contribution in [2.75, 3.05) is 19.0 Å². The van der Waals surface area contributed by atoms with Crippen LogP contribution in [0.4, 0.5) is 10.1 Å². The number of carboxylic acids is 1. The lowest BCUT2D eigenvalue weighted by Crippen LogP contribution is -2.49. The average Bonchev–Trinajstić information content (AvgIpc) is 3.55. The van der Waals surface area contributed by atoms with E-state index in [2.05, 4.69) is 15.5 Å². The SMILES string of the molecule is COc1cncc(-c2cccc3c2CCN(C(=O)C2CC(c4cccc(Cl)c4F)=NO2)C3C(=O)Nc2ccc(C(=O)O)cc2)c1. The van der Waals surface area contributed by atoms with Crippen LogP contribution >= 0.6 is 11.6 Å². The van der Waals surface area contributed by atoms with E-state index in [4.69, 9.17) is 21.2 Å². The summed E-state index contributed by atoms with van der Waals surface area (Å²) in [7, 11) is 1.55. The Balaban J connectivity index is 1.34. The summed E-state index contributed by atoms with van der Waals surface area (Å²) in [5, 5.41) is 16.0. The fourth-order valence-corrected chi connectivity index (χ4v) is 5.80. The number of hydrogen-bond donors (Lipinski definition) is 2. The first kappa shape index (κ1) is 29.8. The number of aromatic carboxylic acids is 1. The van der Waals surface area contributed by atoms with Gasteiger partial charge in [0.15, 0.2) is 5.82 Å². The average molecular weight is 629 g/mol. The number of carbonyl (C=O) groups is 3.